The molecule has 0 radical (unpaired) electrons. The third-order valence-electron chi connectivity index (χ3n) is 2.70. The average molecular weight is 306 g/mol. The van der Waals surface area contributed by atoms with E-state index in [1.165, 1.54) is 0 Å². The second kappa shape index (κ2) is 5.96. The van der Waals surface area contributed by atoms with Gasteiger partial charge >= 0.3 is 0 Å². The average Bonchev–Trinajstić information content (AvgIpc) is 2.40. The van der Waals surface area contributed by atoms with Crippen LogP contribution < -0.4 is 4.90 Å². The van der Waals surface area contributed by atoms with Crippen molar-refractivity contribution in [2.45, 2.75) is 20.3 Å². The molecule has 0 unspecified atom stereocenters. The van der Waals surface area contributed by atoms with Gasteiger partial charge in [0.15, 0.2) is 0 Å². The van der Waals surface area contributed by atoms with E-state index in [1.54, 1.807) is 0 Å². The number of nitrogens with zero attached hydrogens (tertiary/aromatic N) is 3. The Labute approximate surface area is 116 Å². The normalized spacial score (nSPS) is 10.4. The summed E-state index contributed by atoms with van der Waals surface area (Å²) in [5.41, 5.74) is 1.15. The molecule has 0 amide bonds. The minimum absolute atomic E-state index is 0.832. The Hall–Kier alpha value is -1.42. The van der Waals surface area contributed by atoms with Crippen LogP contribution in [0.25, 0.3) is 0 Å². The first-order valence-corrected chi connectivity index (χ1v) is 6.90. The summed E-state index contributed by atoms with van der Waals surface area (Å²) in [5.74, 6) is 1.79. The van der Waals surface area contributed by atoms with Gasteiger partial charge in [0.2, 0.25) is 0 Å². The van der Waals surface area contributed by atoms with Gasteiger partial charge < -0.3 is 4.90 Å². The highest BCUT2D eigenvalue weighted by Gasteiger charge is 2.10. The van der Waals surface area contributed by atoms with Gasteiger partial charge in [-0.05, 0) is 35.0 Å². The van der Waals surface area contributed by atoms with Crippen LogP contribution >= 0.6 is 15.9 Å². The molecule has 2 rings (SSSR count). The van der Waals surface area contributed by atoms with Crippen molar-refractivity contribution in [3.63, 3.8) is 0 Å². The van der Waals surface area contributed by atoms with Gasteiger partial charge in [0, 0.05) is 24.7 Å². The molecular weight excluding hydrogens is 290 g/mol. The van der Waals surface area contributed by atoms with E-state index >= 15 is 0 Å². The van der Waals surface area contributed by atoms with E-state index in [4.69, 9.17) is 0 Å². The number of anilines is 2. The molecule has 0 aliphatic heterocycles. The number of benzene rings is 1. The lowest BCUT2D eigenvalue weighted by molar-refractivity contribution is 0.894. The summed E-state index contributed by atoms with van der Waals surface area (Å²) in [6.07, 6.45) is 0.832. The van der Waals surface area contributed by atoms with Crippen molar-refractivity contribution in [1.82, 2.24) is 9.97 Å². The predicted octanol–water partition coefficient (Wildman–Crippen LogP) is 3.96. The summed E-state index contributed by atoms with van der Waals surface area (Å²) in [6, 6.07) is 12.2. The van der Waals surface area contributed by atoms with Gasteiger partial charge in [-0.3, -0.25) is 0 Å². The van der Waals surface area contributed by atoms with E-state index in [-0.39, 0.29) is 0 Å². The van der Waals surface area contributed by atoms with Gasteiger partial charge in [-0.2, -0.15) is 0 Å². The van der Waals surface area contributed by atoms with E-state index in [0.717, 1.165) is 34.9 Å². The molecule has 1 heterocycles. The zero-order valence-corrected chi connectivity index (χ0v) is 12.2. The van der Waals surface area contributed by atoms with Crippen molar-refractivity contribution < 1.29 is 0 Å². The molecule has 18 heavy (non-hydrogen) atoms. The molecule has 3 nitrogen and oxygen atoms in total. The first-order chi connectivity index (χ1) is 8.74. The molecule has 0 aliphatic carbocycles. The van der Waals surface area contributed by atoms with Gasteiger partial charge in [0.1, 0.15) is 16.2 Å². The zero-order valence-electron chi connectivity index (χ0n) is 10.6. The van der Waals surface area contributed by atoms with E-state index in [1.807, 2.05) is 24.3 Å². The molecule has 1 aromatic heterocycles. The quantitative estimate of drug-likeness (QED) is 0.801. The number of para-hydroxylation sites is 1. The fourth-order valence-corrected chi connectivity index (χ4v) is 2.24. The van der Waals surface area contributed by atoms with Crippen molar-refractivity contribution in [1.29, 1.82) is 0 Å². The SMILES string of the molecule is CCc1nc(Br)cc(N(CC)c2ccccc2)n1. The van der Waals surface area contributed by atoms with Crippen LogP contribution in [0.5, 0.6) is 0 Å². The summed E-state index contributed by atoms with van der Waals surface area (Å²) >= 11 is 3.45. The van der Waals surface area contributed by atoms with Crippen molar-refractivity contribution in [2.75, 3.05) is 11.4 Å². The van der Waals surface area contributed by atoms with Crippen LogP contribution in [0.4, 0.5) is 11.5 Å². The van der Waals surface area contributed by atoms with Gasteiger partial charge in [-0.25, -0.2) is 9.97 Å². The Morgan fingerprint density at radius 2 is 1.83 bits per heavy atom. The lowest BCUT2D eigenvalue weighted by Gasteiger charge is -2.22. The molecule has 0 aliphatic rings. The molecule has 0 fully saturated rings. The summed E-state index contributed by atoms with van der Waals surface area (Å²) in [4.78, 5) is 11.1. The van der Waals surface area contributed by atoms with Crippen LogP contribution in [-0.2, 0) is 6.42 Å². The lowest BCUT2D eigenvalue weighted by Crippen LogP contribution is -2.18. The van der Waals surface area contributed by atoms with Crippen molar-refractivity contribution in [3.05, 3.63) is 46.8 Å². The van der Waals surface area contributed by atoms with Crippen LogP contribution in [0.1, 0.15) is 19.7 Å². The number of hydrogen-bond acceptors (Lipinski definition) is 3. The smallest absolute Gasteiger partial charge is 0.137 e. The van der Waals surface area contributed by atoms with Crippen LogP contribution in [0.2, 0.25) is 0 Å². The van der Waals surface area contributed by atoms with Crippen molar-refractivity contribution in [2.24, 2.45) is 0 Å². The third-order valence-corrected chi connectivity index (χ3v) is 3.11. The summed E-state index contributed by atoms with van der Waals surface area (Å²) in [6.45, 7) is 5.05. The Balaban J connectivity index is 2.42. The molecule has 0 N–H and O–H groups in total. The molecule has 2 aromatic rings. The Kier molecular flexibility index (Phi) is 4.31. The van der Waals surface area contributed by atoms with E-state index in [2.05, 4.69) is 56.8 Å². The van der Waals surface area contributed by atoms with Crippen LogP contribution in [0.15, 0.2) is 41.0 Å². The zero-order chi connectivity index (χ0) is 13.0. The van der Waals surface area contributed by atoms with Gasteiger partial charge in [0.05, 0.1) is 0 Å². The Bertz CT molecular complexity index is 514. The first-order valence-electron chi connectivity index (χ1n) is 6.10. The molecule has 0 atom stereocenters. The topological polar surface area (TPSA) is 29.0 Å². The largest absolute Gasteiger partial charge is 0.327 e. The maximum atomic E-state index is 4.58. The van der Waals surface area contributed by atoms with Crippen LogP contribution in [0, 0.1) is 0 Å². The maximum absolute atomic E-state index is 4.58. The molecule has 0 saturated carbocycles. The second-order valence-electron chi connectivity index (χ2n) is 3.90. The highest BCUT2D eigenvalue weighted by atomic mass is 79.9. The van der Waals surface area contributed by atoms with Crippen molar-refractivity contribution >= 4 is 27.4 Å². The highest BCUT2D eigenvalue weighted by molar-refractivity contribution is 9.10. The van der Waals surface area contributed by atoms with E-state index in [9.17, 15) is 0 Å². The molecule has 4 heteroatoms. The lowest BCUT2D eigenvalue weighted by atomic mass is 10.3. The number of aryl methyl sites for hydroxylation is 1. The molecule has 0 bridgehead atoms. The van der Waals surface area contributed by atoms with Crippen molar-refractivity contribution in [3.8, 4) is 0 Å². The minimum atomic E-state index is 0.832. The highest BCUT2D eigenvalue weighted by Crippen LogP contribution is 2.24. The number of rotatable bonds is 4. The summed E-state index contributed by atoms with van der Waals surface area (Å²) in [7, 11) is 0. The molecule has 0 spiro atoms. The van der Waals surface area contributed by atoms with Gasteiger partial charge in [-0.1, -0.05) is 25.1 Å². The van der Waals surface area contributed by atoms with E-state index in [0.29, 0.717) is 0 Å². The number of hydrogen-bond donors (Lipinski definition) is 0. The first kappa shape index (κ1) is 13.0. The molecular formula is C14H16BrN3. The molecule has 94 valence electrons. The van der Waals surface area contributed by atoms with E-state index < -0.39 is 0 Å². The minimum Gasteiger partial charge on any atom is -0.327 e. The summed E-state index contributed by atoms with van der Waals surface area (Å²) in [5, 5.41) is 0. The van der Waals surface area contributed by atoms with Crippen LogP contribution in [0.3, 0.4) is 0 Å². The predicted molar refractivity (Wildman–Crippen MR) is 78.2 cm³/mol. The fourth-order valence-electron chi connectivity index (χ4n) is 1.83. The Morgan fingerprint density at radius 1 is 1.11 bits per heavy atom. The molecule has 1 aromatic carbocycles. The monoisotopic (exact) mass is 305 g/mol. The standard InChI is InChI=1S/C14H16BrN3/c1-3-13-16-12(15)10-14(17-13)18(4-2)11-8-6-5-7-9-11/h5-10H,3-4H2,1-2H3. The summed E-state index contributed by atoms with van der Waals surface area (Å²) < 4.78 is 0.832. The Morgan fingerprint density at radius 3 is 2.44 bits per heavy atom. The number of halogens is 1. The van der Waals surface area contributed by atoms with Crippen LogP contribution in [-0.4, -0.2) is 16.5 Å². The van der Waals surface area contributed by atoms with Gasteiger partial charge in [0.25, 0.3) is 0 Å². The third kappa shape index (κ3) is 2.88. The maximum Gasteiger partial charge on any atom is 0.137 e. The fraction of sp³-hybridized carbons (Fsp3) is 0.286. The second-order valence-corrected chi connectivity index (χ2v) is 4.71. The molecule has 0 saturated heterocycles. The van der Waals surface area contributed by atoms with Gasteiger partial charge in [-0.15, -0.1) is 0 Å². The number of aromatic nitrogens is 2.